The van der Waals surface area contributed by atoms with E-state index in [1.807, 2.05) is 0 Å². The average molecular weight is 373 g/mol. The van der Waals surface area contributed by atoms with Crippen molar-refractivity contribution in [2.75, 3.05) is 33.0 Å². The Labute approximate surface area is 155 Å². The zero-order chi connectivity index (χ0) is 18.1. The number of carbonyl (C=O) groups excluding carboxylic acids is 2. The number of rotatable bonds is 2. The number of piperazine rings is 1. The summed E-state index contributed by atoms with van der Waals surface area (Å²) >= 11 is 5.96. The molecule has 26 heavy (non-hydrogen) atoms. The molecule has 0 aromatic heterocycles. The molecule has 6 nitrogen and oxygen atoms in total. The topological polar surface area (TPSA) is 59.1 Å². The van der Waals surface area contributed by atoms with Crippen LogP contribution in [0.3, 0.4) is 0 Å². The summed E-state index contributed by atoms with van der Waals surface area (Å²) in [4.78, 5) is 28.8. The first-order valence-corrected chi connectivity index (χ1v) is 8.73. The average Bonchev–Trinajstić information content (AvgIpc) is 3.15. The van der Waals surface area contributed by atoms with Crippen molar-refractivity contribution >= 4 is 23.4 Å². The fraction of sp³-hybridized carbons (Fsp3) is 0.263. The molecule has 2 aromatic rings. The molecular formula is C19H17ClN2O4. The second-order valence-corrected chi connectivity index (χ2v) is 6.60. The first kappa shape index (κ1) is 16.7. The van der Waals surface area contributed by atoms with Gasteiger partial charge in [0.15, 0.2) is 11.5 Å². The molecular weight excluding hydrogens is 356 g/mol. The molecule has 0 aliphatic carbocycles. The standard InChI is InChI=1S/C19H17ClN2O4/c20-15-3-1-2-13(10-15)18(23)21-6-8-22(9-7-21)19(24)14-4-5-16-17(11-14)26-12-25-16/h1-5,10-11H,6-9,12H2. The molecule has 0 radical (unpaired) electrons. The number of halogens is 1. The Morgan fingerprint density at radius 2 is 1.42 bits per heavy atom. The van der Waals surface area contributed by atoms with Crippen molar-refractivity contribution in [2.45, 2.75) is 0 Å². The predicted molar refractivity (Wildman–Crippen MR) is 95.8 cm³/mol. The van der Waals surface area contributed by atoms with Gasteiger partial charge < -0.3 is 19.3 Å². The molecule has 2 aliphatic heterocycles. The highest BCUT2D eigenvalue weighted by atomic mass is 35.5. The number of fused-ring (bicyclic) bond motifs is 1. The lowest BCUT2D eigenvalue weighted by Gasteiger charge is -2.35. The van der Waals surface area contributed by atoms with Gasteiger partial charge >= 0.3 is 0 Å². The highest BCUT2D eigenvalue weighted by molar-refractivity contribution is 6.30. The van der Waals surface area contributed by atoms with Gasteiger partial charge in [0.25, 0.3) is 11.8 Å². The molecule has 4 rings (SSSR count). The van der Waals surface area contributed by atoms with Gasteiger partial charge in [-0.05, 0) is 36.4 Å². The first-order chi connectivity index (χ1) is 12.6. The molecule has 2 aliphatic rings. The molecule has 0 bridgehead atoms. The molecule has 134 valence electrons. The molecule has 1 saturated heterocycles. The van der Waals surface area contributed by atoms with E-state index < -0.39 is 0 Å². The third-order valence-corrected chi connectivity index (χ3v) is 4.78. The SMILES string of the molecule is O=C(c1cccc(Cl)c1)N1CCN(C(=O)c2ccc3c(c2)OCO3)CC1. The monoisotopic (exact) mass is 372 g/mol. The quantitative estimate of drug-likeness (QED) is 0.813. The Morgan fingerprint density at radius 3 is 2.08 bits per heavy atom. The van der Waals surface area contributed by atoms with Crippen LogP contribution < -0.4 is 9.47 Å². The Morgan fingerprint density at radius 1 is 0.808 bits per heavy atom. The maximum atomic E-state index is 12.7. The van der Waals surface area contributed by atoms with E-state index in [9.17, 15) is 9.59 Å². The second-order valence-electron chi connectivity index (χ2n) is 6.16. The summed E-state index contributed by atoms with van der Waals surface area (Å²) in [6, 6.07) is 12.1. The summed E-state index contributed by atoms with van der Waals surface area (Å²) in [7, 11) is 0. The minimum atomic E-state index is -0.0712. The second kappa shape index (κ2) is 6.88. The van der Waals surface area contributed by atoms with Crippen molar-refractivity contribution in [3.05, 3.63) is 58.6 Å². The molecule has 2 heterocycles. The van der Waals surface area contributed by atoms with E-state index in [1.54, 1.807) is 52.3 Å². The lowest BCUT2D eigenvalue weighted by molar-refractivity contribution is 0.0535. The third-order valence-electron chi connectivity index (χ3n) is 4.55. The molecule has 0 saturated carbocycles. The molecule has 0 unspecified atom stereocenters. The van der Waals surface area contributed by atoms with E-state index >= 15 is 0 Å². The fourth-order valence-corrected chi connectivity index (χ4v) is 3.32. The van der Waals surface area contributed by atoms with Gasteiger partial charge in [-0.2, -0.15) is 0 Å². The van der Waals surface area contributed by atoms with Crippen LogP contribution in [0.2, 0.25) is 5.02 Å². The maximum Gasteiger partial charge on any atom is 0.254 e. The van der Waals surface area contributed by atoms with Crippen LogP contribution >= 0.6 is 11.6 Å². The summed E-state index contributed by atoms with van der Waals surface area (Å²) in [5.41, 5.74) is 1.12. The Bertz CT molecular complexity index is 862. The molecule has 2 amide bonds. The van der Waals surface area contributed by atoms with Crippen LogP contribution in [-0.2, 0) is 0 Å². The lowest BCUT2D eigenvalue weighted by Crippen LogP contribution is -2.50. The van der Waals surface area contributed by atoms with Crippen molar-refractivity contribution in [1.82, 2.24) is 9.80 Å². The summed E-state index contributed by atoms with van der Waals surface area (Å²) in [5.74, 6) is 1.10. The Balaban J connectivity index is 1.40. The largest absolute Gasteiger partial charge is 0.454 e. The molecule has 0 atom stereocenters. The molecule has 0 N–H and O–H groups in total. The van der Waals surface area contributed by atoms with Gasteiger partial charge in [-0.1, -0.05) is 17.7 Å². The predicted octanol–water partition coefficient (Wildman–Crippen LogP) is 2.67. The van der Waals surface area contributed by atoms with Gasteiger partial charge in [-0.25, -0.2) is 0 Å². The fourth-order valence-electron chi connectivity index (χ4n) is 3.13. The first-order valence-electron chi connectivity index (χ1n) is 8.35. The summed E-state index contributed by atoms with van der Waals surface area (Å²) in [6.07, 6.45) is 0. The van der Waals surface area contributed by atoms with Crippen LogP contribution in [0.4, 0.5) is 0 Å². The van der Waals surface area contributed by atoms with E-state index in [0.717, 1.165) is 0 Å². The van der Waals surface area contributed by atoms with Gasteiger partial charge in [-0.3, -0.25) is 9.59 Å². The maximum absolute atomic E-state index is 12.7. The molecule has 1 fully saturated rings. The number of carbonyl (C=O) groups is 2. The van der Waals surface area contributed by atoms with Crippen molar-refractivity contribution in [2.24, 2.45) is 0 Å². The van der Waals surface area contributed by atoms with E-state index in [-0.39, 0.29) is 18.6 Å². The van der Waals surface area contributed by atoms with Gasteiger partial charge in [0.05, 0.1) is 0 Å². The Kier molecular flexibility index (Phi) is 4.42. The number of hydrogen-bond acceptors (Lipinski definition) is 4. The minimum absolute atomic E-state index is 0.0670. The smallest absolute Gasteiger partial charge is 0.254 e. The summed E-state index contributed by atoms with van der Waals surface area (Å²) < 4.78 is 10.6. The summed E-state index contributed by atoms with van der Waals surface area (Å²) in [5, 5.41) is 0.535. The van der Waals surface area contributed by atoms with Gasteiger partial charge in [-0.15, -0.1) is 0 Å². The highest BCUT2D eigenvalue weighted by Gasteiger charge is 2.26. The van der Waals surface area contributed by atoms with E-state index in [4.69, 9.17) is 21.1 Å². The van der Waals surface area contributed by atoms with E-state index in [2.05, 4.69) is 0 Å². The minimum Gasteiger partial charge on any atom is -0.454 e. The van der Waals surface area contributed by atoms with Crippen molar-refractivity contribution in [1.29, 1.82) is 0 Å². The number of nitrogens with zero attached hydrogens (tertiary/aromatic N) is 2. The van der Waals surface area contributed by atoms with Crippen molar-refractivity contribution in [3.63, 3.8) is 0 Å². The zero-order valence-corrected chi connectivity index (χ0v) is 14.7. The van der Waals surface area contributed by atoms with Gasteiger partial charge in [0.1, 0.15) is 0 Å². The molecule has 2 aromatic carbocycles. The van der Waals surface area contributed by atoms with Crippen LogP contribution in [0.15, 0.2) is 42.5 Å². The lowest BCUT2D eigenvalue weighted by atomic mass is 10.1. The van der Waals surface area contributed by atoms with Crippen molar-refractivity contribution in [3.8, 4) is 11.5 Å². The van der Waals surface area contributed by atoms with E-state index in [1.165, 1.54) is 0 Å². The zero-order valence-electron chi connectivity index (χ0n) is 14.0. The van der Waals surface area contributed by atoms with Crippen LogP contribution in [0.5, 0.6) is 11.5 Å². The highest BCUT2D eigenvalue weighted by Crippen LogP contribution is 2.32. The normalized spacial score (nSPS) is 15.9. The van der Waals surface area contributed by atoms with E-state index in [0.29, 0.717) is 53.8 Å². The molecule has 7 heteroatoms. The van der Waals surface area contributed by atoms with Crippen LogP contribution in [0, 0.1) is 0 Å². The van der Waals surface area contributed by atoms with Crippen LogP contribution in [0.25, 0.3) is 0 Å². The molecule has 0 spiro atoms. The van der Waals surface area contributed by atoms with Crippen LogP contribution in [0.1, 0.15) is 20.7 Å². The number of benzene rings is 2. The van der Waals surface area contributed by atoms with Gasteiger partial charge in [0, 0.05) is 42.3 Å². The van der Waals surface area contributed by atoms with Crippen LogP contribution in [-0.4, -0.2) is 54.6 Å². The van der Waals surface area contributed by atoms with Crippen molar-refractivity contribution < 1.29 is 19.1 Å². The Hall–Kier alpha value is -2.73. The third kappa shape index (κ3) is 3.20. The number of amides is 2. The number of hydrogen-bond donors (Lipinski definition) is 0. The summed E-state index contributed by atoms with van der Waals surface area (Å²) in [6.45, 7) is 2.12. The van der Waals surface area contributed by atoms with Gasteiger partial charge in [0.2, 0.25) is 6.79 Å². The number of ether oxygens (including phenoxy) is 2.